The van der Waals surface area contributed by atoms with Gasteiger partial charge in [0.05, 0.1) is 0 Å². The molecule has 2 nitrogen and oxygen atoms in total. The molecule has 2 heteroatoms. The average molecular weight is 214 g/mol. The van der Waals surface area contributed by atoms with Gasteiger partial charge in [-0.2, -0.15) is 0 Å². The highest BCUT2D eigenvalue weighted by Gasteiger charge is 2.29. The summed E-state index contributed by atoms with van der Waals surface area (Å²) < 4.78 is 0. The Kier molecular flexibility index (Phi) is 6.46. The lowest BCUT2D eigenvalue weighted by atomic mass is 9.89. The minimum atomic E-state index is 0.166. The minimum absolute atomic E-state index is 0.166. The van der Waals surface area contributed by atoms with Crippen molar-refractivity contribution < 1.29 is 0 Å². The van der Waals surface area contributed by atoms with Crippen molar-refractivity contribution in [1.82, 2.24) is 4.90 Å². The summed E-state index contributed by atoms with van der Waals surface area (Å²) in [6.45, 7) is 12.1. The number of likely N-dealkylation sites (N-methyl/N-ethyl adjacent to an activating group) is 1. The molecule has 0 spiro atoms. The van der Waals surface area contributed by atoms with Gasteiger partial charge in [-0.3, -0.25) is 4.90 Å². The summed E-state index contributed by atoms with van der Waals surface area (Å²) >= 11 is 0. The van der Waals surface area contributed by atoms with E-state index < -0.39 is 0 Å². The highest BCUT2D eigenvalue weighted by Crippen LogP contribution is 2.24. The number of nitrogens with two attached hydrogens (primary N) is 1. The lowest BCUT2D eigenvalue weighted by Gasteiger charge is -2.42. The topological polar surface area (TPSA) is 29.3 Å². The Balaban J connectivity index is 4.39. The molecule has 0 rings (SSSR count). The first-order valence-electron chi connectivity index (χ1n) is 6.30. The molecule has 15 heavy (non-hydrogen) atoms. The van der Waals surface area contributed by atoms with E-state index in [0.29, 0.717) is 6.04 Å². The van der Waals surface area contributed by atoms with E-state index in [2.05, 4.69) is 46.6 Å². The lowest BCUT2D eigenvalue weighted by Crippen LogP contribution is -2.53. The molecule has 0 aliphatic heterocycles. The van der Waals surface area contributed by atoms with Gasteiger partial charge in [-0.25, -0.2) is 0 Å². The molecular formula is C13H30N2. The zero-order valence-electron chi connectivity index (χ0n) is 11.5. The monoisotopic (exact) mass is 214 g/mol. The fourth-order valence-electron chi connectivity index (χ4n) is 1.83. The molecule has 2 N–H and O–H groups in total. The van der Waals surface area contributed by atoms with E-state index in [1.54, 1.807) is 0 Å². The van der Waals surface area contributed by atoms with Crippen molar-refractivity contribution in [2.45, 2.75) is 65.5 Å². The van der Waals surface area contributed by atoms with Crippen LogP contribution in [0.5, 0.6) is 0 Å². The fourth-order valence-corrected chi connectivity index (χ4v) is 1.83. The molecule has 0 aliphatic carbocycles. The molecule has 0 amide bonds. The van der Waals surface area contributed by atoms with Crippen LogP contribution in [0, 0.1) is 5.92 Å². The van der Waals surface area contributed by atoms with E-state index in [-0.39, 0.29) is 5.54 Å². The molecule has 0 fully saturated rings. The van der Waals surface area contributed by atoms with E-state index >= 15 is 0 Å². The largest absolute Gasteiger partial charge is 0.329 e. The van der Waals surface area contributed by atoms with Crippen LogP contribution in [0.25, 0.3) is 0 Å². The van der Waals surface area contributed by atoms with Crippen LogP contribution in [0.2, 0.25) is 0 Å². The van der Waals surface area contributed by atoms with E-state index in [0.717, 1.165) is 12.5 Å². The van der Waals surface area contributed by atoms with Crippen LogP contribution < -0.4 is 5.73 Å². The third-order valence-electron chi connectivity index (χ3n) is 3.80. The number of rotatable bonds is 7. The number of hydrogen-bond acceptors (Lipinski definition) is 2. The zero-order valence-corrected chi connectivity index (χ0v) is 11.5. The molecule has 0 aromatic heterocycles. The van der Waals surface area contributed by atoms with Crippen LogP contribution in [0.3, 0.4) is 0 Å². The molecule has 0 saturated carbocycles. The summed E-state index contributed by atoms with van der Waals surface area (Å²) in [5.74, 6) is 0.765. The predicted octanol–water partition coefficient (Wildman–Crippen LogP) is 2.87. The van der Waals surface area contributed by atoms with Gasteiger partial charge in [0, 0.05) is 18.1 Å². The van der Waals surface area contributed by atoms with E-state index in [9.17, 15) is 0 Å². The molecule has 92 valence electrons. The van der Waals surface area contributed by atoms with Crippen LogP contribution in [0.4, 0.5) is 0 Å². The Morgan fingerprint density at radius 1 is 1.27 bits per heavy atom. The Morgan fingerprint density at radius 2 is 1.80 bits per heavy atom. The molecule has 0 aromatic rings. The van der Waals surface area contributed by atoms with E-state index in [1.807, 2.05) is 0 Å². The van der Waals surface area contributed by atoms with Gasteiger partial charge >= 0.3 is 0 Å². The second-order valence-electron chi connectivity index (χ2n) is 5.50. The third kappa shape index (κ3) is 4.52. The molecule has 0 radical (unpaired) electrons. The van der Waals surface area contributed by atoms with Crippen LogP contribution in [-0.2, 0) is 0 Å². The molecule has 0 heterocycles. The molecule has 2 atom stereocenters. The lowest BCUT2D eigenvalue weighted by molar-refractivity contribution is 0.0847. The van der Waals surface area contributed by atoms with Gasteiger partial charge in [-0.05, 0) is 46.1 Å². The van der Waals surface area contributed by atoms with Crippen molar-refractivity contribution in [2.75, 3.05) is 13.6 Å². The summed E-state index contributed by atoms with van der Waals surface area (Å²) in [5, 5.41) is 0. The van der Waals surface area contributed by atoms with Crippen LogP contribution in [-0.4, -0.2) is 30.1 Å². The Bertz CT molecular complexity index is 168. The van der Waals surface area contributed by atoms with Crippen molar-refractivity contribution in [3.05, 3.63) is 0 Å². The fraction of sp³-hybridized carbons (Fsp3) is 1.00. The van der Waals surface area contributed by atoms with Gasteiger partial charge in [0.2, 0.25) is 0 Å². The number of hydrogen-bond donors (Lipinski definition) is 1. The van der Waals surface area contributed by atoms with Crippen molar-refractivity contribution in [1.29, 1.82) is 0 Å². The average Bonchev–Trinajstić information content (AvgIpc) is 2.23. The van der Waals surface area contributed by atoms with Gasteiger partial charge in [0.1, 0.15) is 0 Å². The first-order valence-corrected chi connectivity index (χ1v) is 6.30. The smallest absolute Gasteiger partial charge is 0.0303 e. The van der Waals surface area contributed by atoms with Crippen molar-refractivity contribution in [3.8, 4) is 0 Å². The summed E-state index contributed by atoms with van der Waals surface area (Å²) in [6.07, 6.45) is 3.64. The van der Waals surface area contributed by atoms with E-state index in [1.165, 1.54) is 19.3 Å². The maximum Gasteiger partial charge on any atom is 0.0303 e. The molecule has 2 unspecified atom stereocenters. The van der Waals surface area contributed by atoms with Gasteiger partial charge in [-0.1, -0.05) is 20.8 Å². The summed E-state index contributed by atoms with van der Waals surface area (Å²) in [4.78, 5) is 2.45. The molecule has 0 aliphatic rings. The van der Waals surface area contributed by atoms with Gasteiger partial charge in [0.25, 0.3) is 0 Å². The molecule has 0 bridgehead atoms. The summed E-state index contributed by atoms with van der Waals surface area (Å²) in [5.41, 5.74) is 6.11. The van der Waals surface area contributed by atoms with Crippen LogP contribution in [0.15, 0.2) is 0 Å². The van der Waals surface area contributed by atoms with Gasteiger partial charge < -0.3 is 5.73 Å². The quantitative estimate of drug-likeness (QED) is 0.706. The normalized spacial score (nSPS) is 18.2. The van der Waals surface area contributed by atoms with Crippen LogP contribution in [0.1, 0.15) is 53.9 Å². The van der Waals surface area contributed by atoms with Gasteiger partial charge in [0.15, 0.2) is 0 Å². The first-order chi connectivity index (χ1) is 6.87. The Hall–Kier alpha value is -0.0800. The highest BCUT2D eigenvalue weighted by molar-refractivity contribution is 4.88. The summed E-state index contributed by atoms with van der Waals surface area (Å²) in [7, 11) is 2.21. The van der Waals surface area contributed by atoms with E-state index in [4.69, 9.17) is 5.73 Å². The first kappa shape index (κ1) is 14.9. The third-order valence-corrected chi connectivity index (χ3v) is 3.80. The number of nitrogens with zero attached hydrogens (tertiary/aromatic N) is 1. The predicted molar refractivity (Wildman–Crippen MR) is 69.0 cm³/mol. The Morgan fingerprint density at radius 3 is 2.13 bits per heavy atom. The second-order valence-corrected chi connectivity index (χ2v) is 5.50. The highest BCUT2D eigenvalue weighted by atomic mass is 15.2. The summed E-state index contributed by atoms with van der Waals surface area (Å²) in [6, 6.07) is 0.616. The van der Waals surface area contributed by atoms with Crippen molar-refractivity contribution >= 4 is 0 Å². The van der Waals surface area contributed by atoms with Crippen molar-refractivity contribution in [3.63, 3.8) is 0 Å². The zero-order chi connectivity index (χ0) is 12.1. The molecule has 0 aromatic carbocycles. The molecular weight excluding hydrogens is 184 g/mol. The minimum Gasteiger partial charge on any atom is -0.329 e. The maximum atomic E-state index is 5.94. The Labute approximate surface area is 96.2 Å². The standard InChI is InChI=1S/C13H30N2/c1-7-12(4)15(6)13(5,10-14)9-8-11(2)3/h11-12H,7-10,14H2,1-6H3. The molecule has 0 saturated heterocycles. The maximum absolute atomic E-state index is 5.94. The van der Waals surface area contributed by atoms with Gasteiger partial charge in [-0.15, -0.1) is 0 Å². The SMILES string of the molecule is CCC(C)N(C)C(C)(CN)CCC(C)C. The van der Waals surface area contributed by atoms with Crippen LogP contribution >= 0.6 is 0 Å². The van der Waals surface area contributed by atoms with Crippen molar-refractivity contribution in [2.24, 2.45) is 11.7 Å². The second kappa shape index (κ2) is 6.49.